The van der Waals surface area contributed by atoms with Crippen LogP contribution >= 0.6 is 0 Å². The quantitative estimate of drug-likeness (QED) is 0.495. The van der Waals surface area contributed by atoms with Crippen LogP contribution in [-0.2, 0) is 23.8 Å². The fourth-order valence-corrected chi connectivity index (χ4v) is 4.27. The van der Waals surface area contributed by atoms with Crippen LogP contribution in [0, 0.1) is 0 Å². The van der Waals surface area contributed by atoms with Gasteiger partial charge in [-0.25, -0.2) is 9.59 Å². The molecule has 1 saturated heterocycles. The van der Waals surface area contributed by atoms with Gasteiger partial charge < -0.3 is 30.0 Å². The zero-order chi connectivity index (χ0) is 23.2. The molecule has 2 aliphatic rings. The maximum atomic E-state index is 12.1. The van der Waals surface area contributed by atoms with Crippen molar-refractivity contribution in [3.05, 3.63) is 59.7 Å². The second-order valence-electron chi connectivity index (χ2n) is 7.90. The highest BCUT2D eigenvalue weighted by atomic mass is 16.5. The maximum Gasteiger partial charge on any atom is 0.407 e. The van der Waals surface area contributed by atoms with Crippen LogP contribution in [0.15, 0.2) is 48.5 Å². The molecule has 2 amide bonds. The fraction of sp³-hybridized carbons (Fsp3) is 0.375. The number of benzene rings is 2. The first-order valence-corrected chi connectivity index (χ1v) is 10.8. The van der Waals surface area contributed by atoms with Gasteiger partial charge in [0.2, 0.25) is 5.91 Å². The highest BCUT2D eigenvalue weighted by Crippen LogP contribution is 2.44. The van der Waals surface area contributed by atoms with Crippen LogP contribution in [0.5, 0.6) is 0 Å². The first-order chi connectivity index (χ1) is 16.0. The number of amides is 2. The summed E-state index contributed by atoms with van der Waals surface area (Å²) in [6, 6.07) is 15.6. The first kappa shape index (κ1) is 22.8. The molecule has 4 rings (SSSR count). The summed E-state index contributed by atoms with van der Waals surface area (Å²) in [7, 11) is 0. The van der Waals surface area contributed by atoms with Gasteiger partial charge in [-0.2, -0.15) is 0 Å². The monoisotopic (exact) mass is 454 g/mol. The van der Waals surface area contributed by atoms with Crippen LogP contribution in [-0.4, -0.2) is 68.2 Å². The number of carbonyl (C=O) groups excluding carboxylic acids is 2. The number of carbonyl (C=O) groups is 3. The van der Waals surface area contributed by atoms with E-state index in [2.05, 4.69) is 34.9 Å². The topological polar surface area (TPSA) is 123 Å². The summed E-state index contributed by atoms with van der Waals surface area (Å²) in [5.74, 6) is -1.55. The summed E-state index contributed by atoms with van der Waals surface area (Å²) in [5.41, 5.74) is 4.59. The lowest BCUT2D eigenvalue weighted by atomic mass is 9.98. The van der Waals surface area contributed by atoms with E-state index >= 15 is 0 Å². The van der Waals surface area contributed by atoms with Crippen molar-refractivity contribution in [1.29, 1.82) is 0 Å². The van der Waals surface area contributed by atoms with Gasteiger partial charge in [-0.3, -0.25) is 4.79 Å². The standard InChI is InChI=1S/C24H26N2O7/c27-21(26-20-9-11-32-22(20)23(28)29)14-31-12-10-25-24(30)33-13-19-17-7-3-1-5-15(17)16-6-2-4-8-18(16)19/h1-8,19-20,22H,9-14H2,(H,25,30)(H,26,27)(H,28,29). The summed E-state index contributed by atoms with van der Waals surface area (Å²) in [4.78, 5) is 35.1. The van der Waals surface area contributed by atoms with Crippen molar-refractivity contribution in [3.63, 3.8) is 0 Å². The van der Waals surface area contributed by atoms with Gasteiger partial charge in [0, 0.05) is 19.1 Å². The highest BCUT2D eigenvalue weighted by Gasteiger charge is 2.35. The van der Waals surface area contributed by atoms with Gasteiger partial charge in [0.25, 0.3) is 0 Å². The lowest BCUT2D eigenvalue weighted by Crippen LogP contribution is -2.45. The summed E-state index contributed by atoms with van der Waals surface area (Å²) in [6.45, 7) is 0.550. The number of nitrogens with one attached hydrogen (secondary N) is 2. The lowest BCUT2D eigenvalue weighted by Gasteiger charge is -2.16. The van der Waals surface area contributed by atoms with Crippen LogP contribution in [0.2, 0.25) is 0 Å². The molecule has 2 aromatic carbocycles. The van der Waals surface area contributed by atoms with Gasteiger partial charge in [0.1, 0.15) is 13.2 Å². The number of alkyl carbamates (subject to hydrolysis) is 1. The van der Waals surface area contributed by atoms with Crippen molar-refractivity contribution in [2.75, 3.05) is 33.0 Å². The number of rotatable bonds is 9. The molecular weight excluding hydrogens is 428 g/mol. The van der Waals surface area contributed by atoms with Crippen molar-refractivity contribution >= 4 is 18.0 Å². The van der Waals surface area contributed by atoms with E-state index in [0.717, 1.165) is 22.3 Å². The summed E-state index contributed by atoms with van der Waals surface area (Å²) in [6.07, 6.45) is -1.16. The van der Waals surface area contributed by atoms with E-state index in [9.17, 15) is 14.4 Å². The van der Waals surface area contributed by atoms with Gasteiger partial charge in [-0.05, 0) is 28.7 Å². The zero-order valence-electron chi connectivity index (χ0n) is 18.0. The molecule has 9 nitrogen and oxygen atoms in total. The van der Waals surface area contributed by atoms with Gasteiger partial charge in [0.15, 0.2) is 6.10 Å². The van der Waals surface area contributed by atoms with Crippen molar-refractivity contribution in [1.82, 2.24) is 10.6 Å². The summed E-state index contributed by atoms with van der Waals surface area (Å²) >= 11 is 0. The number of carboxylic acid groups (broad SMARTS) is 1. The van der Waals surface area contributed by atoms with Crippen molar-refractivity contribution in [2.45, 2.75) is 24.5 Å². The van der Waals surface area contributed by atoms with E-state index in [-0.39, 0.29) is 38.9 Å². The molecule has 3 N–H and O–H groups in total. The predicted molar refractivity (Wildman–Crippen MR) is 118 cm³/mol. The average molecular weight is 454 g/mol. The smallest absolute Gasteiger partial charge is 0.407 e. The largest absolute Gasteiger partial charge is 0.479 e. The van der Waals surface area contributed by atoms with Crippen LogP contribution in [0.3, 0.4) is 0 Å². The van der Waals surface area contributed by atoms with Crippen LogP contribution in [0.25, 0.3) is 11.1 Å². The van der Waals surface area contributed by atoms with Gasteiger partial charge >= 0.3 is 12.1 Å². The number of aliphatic carboxylic acids is 1. The third-order valence-corrected chi connectivity index (χ3v) is 5.77. The highest BCUT2D eigenvalue weighted by molar-refractivity contribution is 5.80. The minimum absolute atomic E-state index is 0.0164. The Morgan fingerprint density at radius 3 is 2.36 bits per heavy atom. The number of fused-ring (bicyclic) bond motifs is 3. The molecule has 2 aromatic rings. The van der Waals surface area contributed by atoms with E-state index in [1.54, 1.807) is 0 Å². The van der Waals surface area contributed by atoms with E-state index in [0.29, 0.717) is 6.42 Å². The molecule has 174 valence electrons. The van der Waals surface area contributed by atoms with Crippen LogP contribution in [0.1, 0.15) is 23.5 Å². The molecule has 0 spiro atoms. The third-order valence-electron chi connectivity index (χ3n) is 5.77. The van der Waals surface area contributed by atoms with E-state index in [1.165, 1.54) is 0 Å². The van der Waals surface area contributed by atoms with Gasteiger partial charge in [-0.1, -0.05) is 48.5 Å². The zero-order valence-corrected chi connectivity index (χ0v) is 18.0. The number of hydrogen-bond donors (Lipinski definition) is 3. The molecule has 0 bridgehead atoms. The van der Waals surface area contributed by atoms with E-state index in [4.69, 9.17) is 19.3 Å². The average Bonchev–Trinajstić information content (AvgIpc) is 3.40. The minimum Gasteiger partial charge on any atom is -0.479 e. The molecule has 9 heteroatoms. The van der Waals surface area contributed by atoms with E-state index < -0.39 is 30.1 Å². The molecule has 33 heavy (non-hydrogen) atoms. The summed E-state index contributed by atoms with van der Waals surface area (Å²) < 4.78 is 15.8. The lowest BCUT2D eigenvalue weighted by molar-refractivity contribution is -0.148. The number of ether oxygens (including phenoxy) is 3. The Hall–Kier alpha value is -3.43. The molecule has 0 saturated carbocycles. The maximum absolute atomic E-state index is 12.1. The van der Waals surface area contributed by atoms with Gasteiger partial charge in [-0.15, -0.1) is 0 Å². The van der Waals surface area contributed by atoms with Crippen molar-refractivity contribution in [2.24, 2.45) is 0 Å². The molecular formula is C24H26N2O7. The molecule has 0 aromatic heterocycles. The molecule has 1 aliphatic carbocycles. The number of hydrogen-bond acceptors (Lipinski definition) is 6. The molecule has 0 radical (unpaired) electrons. The Bertz CT molecular complexity index is 980. The van der Waals surface area contributed by atoms with Crippen LogP contribution < -0.4 is 10.6 Å². The summed E-state index contributed by atoms with van der Waals surface area (Å²) in [5, 5.41) is 14.2. The minimum atomic E-state index is -1.11. The first-order valence-electron chi connectivity index (χ1n) is 10.8. The fourth-order valence-electron chi connectivity index (χ4n) is 4.27. The molecule has 1 heterocycles. The predicted octanol–water partition coefficient (Wildman–Crippen LogP) is 1.90. The van der Waals surface area contributed by atoms with Crippen LogP contribution in [0.4, 0.5) is 4.79 Å². The molecule has 2 unspecified atom stereocenters. The third kappa shape index (κ3) is 5.32. The normalized spacial score (nSPS) is 18.9. The van der Waals surface area contributed by atoms with E-state index in [1.807, 2.05) is 24.3 Å². The second-order valence-corrected chi connectivity index (χ2v) is 7.90. The molecule has 1 aliphatic heterocycles. The molecule has 2 atom stereocenters. The van der Waals surface area contributed by atoms with Crippen molar-refractivity contribution in [3.8, 4) is 11.1 Å². The SMILES string of the molecule is O=C(COCCNC(=O)OCC1c2ccccc2-c2ccccc21)NC1CCOC1C(=O)O. The molecule has 1 fully saturated rings. The number of carboxylic acids is 1. The Labute approximate surface area is 191 Å². The Morgan fingerprint density at radius 2 is 1.70 bits per heavy atom. The second kappa shape index (κ2) is 10.5. The Morgan fingerprint density at radius 1 is 1.03 bits per heavy atom. The van der Waals surface area contributed by atoms with Gasteiger partial charge in [0.05, 0.1) is 12.6 Å². The Balaban J connectivity index is 1.15. The Kier molecular flexibility index (Phi) is 7.21. The van der Waals surface area contributed by atoms with Crippen molar-refractivity contribution < 1.29 is 33.7 Å².